The molecule has 0 radical (unpaired) electrons. The van der Waals surface area contributed by atoms with Crippen molar-refractivity contribution in [3.63, 3.8) is 0 Å². The number of nitrogens with one attached hydrogen (secondary N) is 1. The summed E-state index contributed by atoms with van der Waals surface area (Å²) in [7, 11) is 0. The number of hydrogen-bond donors (Lipinski definition) is 1. The Kier molecular flexibility index (Phi) is 5.21. The van der Waals surface area contributed by atoms with Gasteiger partial charge >= 0.3 is 0 Å². The molecule has 1 N–H and O–H groups in total. The second kappa shape index (κ2) is 7.54. The minimum absolute atomic E-state index is 0.174. The van der Waals surface area contributed by atoms with E-state index >= 15 is 0 Å². The Bertz CT molecular complexity index is 468. The van der Waals surface area contributed by atoms with E-state index in [1.165, 1.54) is 0 Å². The van der Waals surface area contributed by atoms with Crippen LogP contribution in [0.25, 0.3) is 0 Å². The van der Waals surface area contributed by atoms with Crippen LogP contribution in [0.1, 0.15) is 32.1 Å². The second-order valence-electron chi connectivity index (χ2n) is 6.18. The molecule has 1 amide bonds. The minimum Gasteiger partial charge on any atom is -0.381 e. The molecule has 0 aliphatic carbocycles. The fourth-order valence-electron chi connectivity index (χ4n) is 3.22. The van der Waals surface area contributed by atoms with E-state index in [9.17, 15) is 4.79 Å². The average Bonchev–Trinajstić information content (AvgIpc) is 2.57. The van der Waals surface area contributed by atoms with Gasteiger partial charge in [-0.25, -0.2) is 4.98 Å². The standard InChI is InChI=1S/C16H24N4O2/c21-16(10-13-2-1-9-22-12-13)19-14-3-7-20(8-4-14)15-11-17-5-6-18-15/h5-6,11,13-14H,1-4,7-10,12H2,(H,19,21). The van der Waals surface area contributed by atoms with Crippen molar-refractivity contribution in [2.24, 2.45) is 5.92 Å². The number of piperidine rings is 1. The summed E-state index contributed by atoms with van der Waals surface area (Å²) in [4.78, 5) is 22.8. The molecule has 22 heavy (non-hydrogen) atoms. The van der Waals surface area contributed by atoms with Gasteiger partial charge in [-0.15, -0.1) is 0 Å². The summed E-state index contributed by atoms with van der Waals surface area (Å²) >= 11 is 0. The van der Waals surface area contributed by atoms with Gasteiger partial charge in [0.05, 0.1) is 6.20 Å². The van der Waals surface area contributed by atoms with Crippen LogP contribution in [-0.2, 0) is 9.53 Å². The zero-order valence-electron chi connectivity index (χ0n) is 12.9. The zero-order valence-corrected chi connectivity index (χ0v) is 12.9. The highest BCUT2D eigenvalue weighted by atomic mass is 16.5. The highest BCUT2D eigenvalue weighted by Gasteiger charge is 2.23. The van der Waals surface area contributed by atoms with Crippen molar-refractivity contribution < 1.29 is 9.53 Å². The molecule has 1 aromatic heterocycles. The second-order valence-corrected chi connectivity index (χ2v) is 6.18. The molecule has 2 saturated heterocycles. The van der Waals surface area contributed by atoms with Crippen molar-refractivity contribution in [2.45, 2.75) is 38.1 Å². The Labute approximate surface area is 131 Å². The number of hydrogen-bond acceptors (Lipinski definition) is 5. The molecule has 2 aliphatic heterocycles. The lowest BCUT2D eigenvalue weighted by Gasteiger charge is -2.33. The van der Waals surface area contributed by atoms with Crippen LogP contribution >= 0.6 is 0 Å². The SMILES string of the molecule is O=C(CC1CCCOC1)NC1CCN(c2cnccn2)CC1. The van der Waals surface area contributed by atoms with Gasteiger partial charge in [0.1, 0.15) is 5.82 Å². The first-order valence-electron chi connectivity index (χ1n) is 8.19. The van der Waals surface area contributed by atoms with Crippen LogP contribution in [0.4, 0.5) is 5.82 Å². The largest absolute Gasteiger partial charge is 0.381 e. The summed E-state index contributed by atoms with van der Waals surface area (Å²) in [6.45, 7) is 3.41. The highest BCUT2D eigenvalue weighted by Crippen LogP contribution is 2.19. The van der Waals surface area contributed by atoms with Gasteiger partial charge in [-0.3, -0.25) is 9.78 Å². The first kappa shape index (κ1) is 15.2. The number of aromatic nitrogens is 2. The van der Waals surface area contributed by atoms with Crippen LogP contribution in [0.15, 0.2) is 18.6 Å². The van der Waals surface area contributed by atoms with Crippen molar-refractivity contribution in [1.29, 1.82) is 0 Å². The van der Waals surface area contributed by atoms with Gasteiger partial charge < -0.3 is 15.0 Å². The molecular formula is C16H24N4O2. The summed E-state index contributed by atoms with van der Waals surface area (Å²) < 4.78 is 5.44. The minimum atomic E-state index is 0.174. The molecule has 0 aromatic carbocycles. The van der Waals surface area contributed by atoms with E-state index in [1.807, 2.05) is 0 Å². The third-order valence-electron chi connectivity index (χ3n) is 4.46. The van der Waals surface area contributed by atoms with Crippen LogP contribution in [0.5, 0.6) is 0 Å². The summed E-state index contributed by atoms with van der Waals surface area (Å²) in [6.07, 6.45) is 9.91. The molecule has 6 heteroatoms. The Hall–Kier alpha value is -1.69. The number of rotatable bonds is 4. The predicted molar refractivity (Wildman–Crippen MR) is 83.6 cm³/mol. The predicted octanol–water partition coefficient (Wildman–Crippen LogP) is 1.38. The summed E-state index contributed by atoms with van der Waals surface area (Å²) in [5, 5.41) is 3.18. The molecule has 2 aliphatic rings. The van der Waals surface area contributed by atoms with Crippen molar-refractivity contribution in [3.05, 3.63) is 18.6 Å². The van der Waals surface area contributed by atoms with Crippen molar-refractivity contribution >= 4 is 11.7 Å². The quantitative estimate of drug-likeness (QED) is 0.910. The number of carbonyl (C=O) groups is 1. The fourth-order valence-corrected chi connectivity index (χ4v) is 3.22. The van der Waals surface area contributed by atoms with Gasteiger partial charge in [-0.05, 0) is 31.6 Å². The van der Waals surface area contributed by atoms with E-state index in [2.05, 4.69) is 20.2 Å². The molecule has 3 rings (SSSR count). The maximum absolute atomic E-state index is 12.1. The smallest absolute Gasteiger partial charge is 0.220 e. The van der Waals surface area contributed by atoms with E-state index < -0.39 is 0 Å². The van der Waals surface area contributed by atoms with Crippen molar-refractivity contribution in [3.8, 4) is 0 Å². The number of amides is 1. The van der Waals surface area contributed by atoms with Crippen LogP contribution in [-0.4, -0.2) is 48.2 Å². The maximum atomic E-state index is 12.1. The lowest BCUT2D eigenvalue weighted by molar-refractivity contribution is -0.123. The first-order valence-corrected chi connectivity index (χ1v) is 8.19. The molecule has 0 bridgehead atoms. The van der Waals surface area contributed by atoms with E-state index in [0.717, 1.165) is 57.8 Å². The van der Waals surface area contributed by atoms with Gasteiger partial charge in [0, 0.05) is 51.2 Å². The van der Waals surface area contributed by atoms with E-state index in [1.54, 1.807) is 18.6 Å². The monoisotopic (exact) mass is 304 g/mol. The van der Waals surface area contributed by atoms with E-state index in [-0.39, 0.29) is 11.9 Å². The Balaban J connectivity index is 1.41. The van der Waals surface area contributed by atoms with Crippen molar-refractivity contribution in [2.75, 3.05) is 31.2 Å². The Morgan fingerprint density at radius 1 is 1.32 bits per heavy atom. The number of ether oxygens (including phenoxy) is 1. The average molecular weight is 304 g/mol. The summed E-state index contributed by atoms with van der Waals surface area (Å²) in [6, 6.07) is 0.282. The van der Waals surface area contributed by atoms with Crippen LogP contribution in [0.2, 0.25) is 0 Å². The highest BCUT2D eigenvalue weighted by molar-refractivity contribution is 5.76. The molecule has 1 aromatic rings. The van der Waals surface area contributed by atoms with Gasteiger partial charge in [-0.2, -0.15) is 0 Å². The molecule has 1 atom stereocenters. The number of nitrogens with zero attached hydrogens (tertiary/aromatic N) is 3. The Morgan fingerprint density at radius 2 is 2.18 bits per heavy atom. The molecular weight excluding hydrogens is 280 g/mol. The van der Waals surface area contributed by atoms with Crippen LogP contribution in [0, 0.1) is 5.92 Å². The van der Waals surface area contributed by atoms with Gasteiger partial charge in [0.2, 0.25) is 5.91 Å². The number of anilines is 1. The lowest BCUT2D eigenvalue weighted by atomic mass is 9.97. The topological polar surface area (TPSA) is 67.3 Å². The summed E-state index contributed by atoms with van der Waals surface area (Å²) in [5.74, 6) is 1.49. The van der Waals surface area contributed by atoms with Crippen LogP contribution < -0.4 is 10.2 Å². The first-order chi connectivity index (χ1) is 10.8. The molecule has 6 nitrogen and oxygen atoms in total. The van der Waals surface area contributed by atoms with E-state index in [0.29, 0.717) is 12.3 Å². The molecule has 120 valence electrons. The fraction of sp³-hybridized carbons (Fsp3) is 0.688. The molecule has 0 saturated carbocycles. The normalized spacial score (nSPS) is 23.3. The maximum Gasteiger partial charge on any atom is 0.220 e. The third kappa shape index (κ3) is 4.16. The summed E-state index contributed by atoms with van der Waals surface area (Å²) in [5.41, 5.74) is 0. The molecule has 3 heterocycles. The van der Waals surface area contributed by atoms with Gasteiger partial charge in [0.15, 0.2) is 0 Å². The third-order valence-corrected chi connectivity index (χ3v) is 4.46. The van der Waals surface area contributed by atoms with E-state index in [4.69, 9.17) is 4.74 Å². The van der Waals surface area contributed by atoms with Gasteiger partial charge in [0.25, 0.3) is 0 Å². The molecule has 2 fully saturated rings. The van der Waals surface area contributed by atoms with Crippen molar-refractivity contribution in [1.82, 2.24) is 15.3 Å². The molecule has 1 unspecified atom stereocenters. The lowest BCUT2D eigenvalue weighted by Crippen LogP contribution is -2.45. The zero-order chi connectivity index (χ0) is 15.2. The molecule has 0 spiro atoms. The Morgan fingerprint density at radius 3 is 2.86 bits per heavy atom. The van der Waals surface area contributed by atoms with Crippen LogP contribution in [0.3, 0.4) is 0 Å². The van der Waals surface area contributed by atoms with Gasteiger partial charge in [-0.1, -0.05) is 0 Å². The number of carbonyl (C=O) groups excluding carboxylic acids is 1.